The van der Waals surface area contributed by atoms with Crippen molar-refractivity contribution >= 4 is 11.6 Å². The van der Waals surface area contributed by atoms with Crippen LogP contribution in [0.2, 0.25) is 5.02 Å². The van der Waals surface area contributed by atoms with Gasteiger partial charge in [0.1, 0.15) is 29.7 Å². The van der Waals surface area contributed by atoms with Gasteiger partial charge in [-0.3, -0.25) is 0 Å². The van der Waals surface area contributed by atoms with E-state index < -0.39 is 0 Å². The Bertz CT molecular complexity index is 583. The number of aryl methyl sites for hydroxylation is 1. The molecule has 5 heteroatoms. The maximum atomic E-state index is 12.9. The Morgan fingerprint density at radius 1 is 1.35 bits per heavy atom. The Morgan fingerprint density at radius 2 is 2.15 bits per heavy atom. The molecule has 1 aromatic carbocycles. The highest BCUT2D eigenvalue weighted by Gasteiger charge is 2.09. The van der Waals surface area contributed by atoms with Gasteiger partial charge in [0, 0.05) is 5.56 Å². The van der Waals surface area contributed by atoms with Crippen LogP contribution in [0.1, 0.15) is 24.0 Å². The predicted octanol–water partition coefficient (Wildman–Crippen LogP) is 4.07. The van der Waals surface area contributed by atoms with E-state index in [0.29, 0.717) is 18.9 Å². The van der Waals surface area contributed by atoms with Crippen molar-refractivity contribution in [2.75, 3.05) is 6.54 Å². The maximum Gasteiger partial charge on any atom is 0.138 e. The topological polar surface area (TPSA) is 34.4 Å². The number of hydrogen-bond acceptors (Lipinski definition) is 3. The van der Waals surface area contributed by atoms with Crippen LogP contribution in [0.25, 0.3) is 0 Å². The second kappa shape index (κ2) is 6.77. The number of halogens is 2. The Morgan fingerprint density at radius 3 is 2.85 bits per heavy atom. The minimum atomic E-state index is -0.380. The highest BCUT2D eigenvalue weighted by molar-refractivity contribution is 6.32. The minimum absolute atomic E-state index is 0.263. The third-order valence-corrected chi connectivity index (χ3v) is 3.19. The fourth-order valence-electron chi connectivity index (χ4n) is 1.81. The Labute approximate surface area is 122 Å². The molecule has 0 unspecified atom stereocenters. The summed E-state index contributed by atoms with van der Waals surface area (Å²) in [4.78, 5) is 0. The van der Waals surface area contributed by atoms with E-state index in [4.69, 9.17) is 20.8 Å². The van der Waals surface area contributed by atoms with Crippen molar-refractivity contribution in [3.05, 3.63) is 52.2 Å². The fourth-order valence-corrected chi connectivity index (χ4v) is 2.04. The Hall–Kier alpha value is -1.52. The van der Waals surface area contributed by atoms with Crippen molar-refractivity contribution in [2.45, 2.75) is 27.0 Å². The normalized spacial score (nSPS) is 10.8. The molecule has 0 saturated carbocycles. The minimum Gasteiger partial charge on any atom is -0.487 e. The molecule has 0 aliphatic rings. The van der Waals surface area contributed by atoms with Crippen LogP contribution in [0, 0.1) is 12.7 Å². The van der Waals surface area contributed by atoms with Gasteiger partial charge in [0.15, 0.2) is 0 Å². The number of benzene rings is 1. The smallest absolute Gasteiger partial charge is 0.138 e. The Balaban J connectivity index is 2.01. The number of ether oxygens (including phenoxy) is 1. The molecule has 0 spiro atoms. The van der Waals surface area contributed by atoms with Crippen molar-refractivity contribution in [3.8, 4) is 5.75 Å². The van der Waals surface area contributed by atoms with Crippen LogP contribution in [-0.2, 0) is 13.2 Å². The molecule has 20 heavy (non-hydrogen) atoms. The zero-order valence-corrected chi connectivity index (χ0v) is 12.3. The summed E-state index contributed by atoms with van der Waals surface area (Å²) in [6, 6.07) is 6.03. The van der Waals surface area contributed by atoms with Crippen molar-refractivity contribution in [3.63, 3.8) is 0 Å². The van der Waals surface area contributed by atoms with Crippen molar-refractivity contribution in [2.24, 2.45) is 0 Å². The van der Waals surface area contributed by atoms with Crippen molar-refractivity contribution in [1.29, 1.82) is 0 Å². The summed E-state index contributed by atoms with van der Waals surface area (Å²) in [5.74, 6) is 1.76. The lowest BCUT2D eigenvalue weighted by molar-refractivity contribution is 0.302. The molecule has 1 aromatic heterocycles. The molecule has 0 fully saturated rings. The SMILES string of the molecule is CCNCc1cc(COc2ccc(F)cc2Cl)c(C)o1. The molecule has 0 aliphatic heterocycles. The van der Waals surface area contributed by atoms with E-state index in [-0.39, 0.29) is 10.8 Å². The van der Waals surface area contributed by atoms with Crippen LogP contribution in [0.15, 0.2) is 28.7 Å². The maximum absolute atomic E-state index is 12.9. The van der Waals surface area contributed by atoms with Gasteiger partial charge in [-0.25, -0.2) is 4.39 Å². The summed E-state index contributed by atoms with van der Waals surface area (Å²) in [6.45, 7) is 5.84. The number of rotatable bonds is 6. The molecule has 3 nitrogen and oxygen atoms in total. The summed E-state index contributed by atoms with van der Waals surface area (Å²) in [7, 11) is 0. The van der Waals surface area contributed by atoms with Crippen LogP contribution >= 0.6 is 11.6 Å². The molecule has 2 aromatic rings. The quantitative estimate of drug-likeness (QED) is 0.873. The van der Waals surface area contributed by atoms with E-state index in [9.17, 15) is 4.39 Å². The van der Waals surface area contributed by atoms with Gasteiger partial charge >= 0.3 is 0 Å². The molecule has 108 valence electrons. The van der Waals surface area contributed by atoms with Crippen LogP contribution in [0.3, 0.4) is 0 Å². The molecule has 1 heterocycles. The van der Waals surface area contributed by atoms with Gasteiger partial charge in [-0.2, -0.15) is 0 Å². The average molecular weight is 298 g/mol. The first-order chi connectivity index (χ1) is 9.60. The molecule has 0 saturated heterocycles. The highest BCUT2D eigenvalue weighted by Crippen LogP contribution is 2.26. The van der Waals surface area contributed by atoms with Crippen LogP contribution in [0.4, 0.5) is 4.39 Å². The largest absolute Gasteiger partial charge is 0.487 e. The van der Waals surface area contributed by atoms with Crippen molar-refractivity contribution < 1.29 is 13.5 Å². The lowest BCUT2D eigenvalue weighted by Crippen LogP contribution is -2.10. The molecular weight excluding hydrogens is 281 g/mol. The van der Waals surface area contributed by atoms with E-state index in [1.807, 2.05) is 19.9 Å². The summed E-state index contributed by atoms with van der Waals surface area (Å²) in [5.41, 5.74) is 0.957. The molecule has 2 rings (SSSR count). The van der Waals surface area contributed by atoms with Crippen LogP contribution in [0.5, 0.6) is 5.75 Å². The lowest BCUT2D eigenvalue weighted by Gasteiger charge is -2.07. The van der Waals surface area contributed by atoms with E-state index in [1.165, 1.54) is 18.2 Å². The molecule has 0 amide bonds. The zero-order valence-electron chi connectivity index (χ0n) is 11.5. The first-order valence-electron chi connectivity index (χ1n) is 6.47. The number of nitrogens with one attached hydrogen (secondary N) is 1. The zero-order chi connectivity index (χ0) is 14.5. The van der Waals surface area contributed by atoms with Gasteiger partial charge in [0.05, 0.1) is 11.6 Å². The Kier molecular flexibility index (Phi) is 5.04. The van der Waals surface area contributed by atoms with Gasteiger partial charge in [-0.15, -0.1) is 0 Å². The lowest BCUT2D eigenvalue weighted by atomic mass is 10.2. The van der Waals surface area contributed by atoms with Gasteiger partial charge in [-0.05, 0) is 37.7 Å². The molecular formula is C15H17ClFNO2. The van der Waals surface area contributed by atoms with E-state index in [0.717, 1.165) is 23.6 Å². The second-order valence-corrected chi connectivity index (χ2v) is 4.85. The fraction of sp³-hybridized carbons (Fsp3) is 0.333. The summed E-state index contributed by atoms with van der Waals surface area (Å²) in [6.07, 6.45) is 0. The van der Waals surface area contributed by atoms with E-state index in [1.54, 1.807) is 0 Å². The molecule has 1 N–H and O–H groups in total. The first kappa shape index (κ1) is 14.9. The van der Waals surface area contributed by atoms with Crippen LogP contribution in [-0.4, -0.2) is 6.54 Å². The third kappa shape index (κ3) is 3.74. The predicted molar refractivity (Wildman–Crippen MR) is 76.6 cm³/mol. The monoisotopic (exact) mass is 297 g/mol. The third-order valence-electron chi connectivity index (χ3n) is 2.90. The molecule has 0 aliphatic carbocycles. The highest BCUT2D eigenvalue weighted by atomic mass is 35.5. The second-order valence-electron chi connectivity index (χ2n) is 4.44. The number of hydrogen-bond donors (Lipinski definition) is 1. The van der Waals surface area contributed by atoms with Crippen LogP contribution < -0.4 is 10.1 Å². The van der Waals surface area contributed by atoms with E-state index >= 15 is 0 Å². The van der Waals surface area contributed by atoms with Gasteiger partial charge < -0.3 is 14.5 Å². The van der Waals surface area contributed by atoms with Crippen molar-refractivity contribution in [1.82, 2.24) is 5.32 Å². The number of furan rings is 1. The van der Waals surface area contributed by atoms with Gasteiger partial charge in [0.2, 0.25) is 0 Å². The molecule has 0 atom stereocenters. The standard InChI is InChI=1S/C15H17ClFNO2/c1-3-18-8-13-6-11(10(2)20-13)9-19-15-5-4-12(17)7-14(15)16/h4-7,18H,3,8-9H2,1-2H3. The van der Waals surface area contributed by atoms with Gasteiger partial charge in [0.25, 0.3) is 0 Å². The first-order valence-corrected chi connectivity index (χ1v) is 6.84. The summed E-state index contributed by atoms with van der Waals surface area (Å²) in [5, 5.41) is 3.46. The molecule has 0 radical (unpaired) electrons. The van der Waals surface area contributed by atoms with E-state index in [2.05, 4.69) is 5.32 Å². The summed E-state index contributed by atoms with van der Waals surface area (Å²) < 4.78 is 24.2. The van der Waals surface area contributed by atoms with Gasteiger partial charge in [-0.1, -0.05) is 18.5 Å². The average Bonchev–Trinajstić information content (AvgIpc) is 2.76. The summed E-state index contributed by atoms with van der Waals surface area (Å²) >= 11 is 5.91. The molecule has 0 bridgehead atoms.